The number of pyridine rings is 1. The second-order valence-electron chi connectivity index (χ2n) is 12.3. The Hall–Kier alpha value is -6.59. The Kier molecular flexibility index (Phi) is 7.17. The Morgan fingerprint density at radius 1 is 0.540 bits per heavy atom. The molecule has 7 aromatic carbocycles. The van der Waals surface area contributed by atoms with Gasteiger partial charge in [0.05, 0.1) is 28.1 Å². The highest BCUT2D eigenvalue weighted by Gasteiger charge is 2.20. The van der Waals surface area contributed by atoms with Crippen LogP contribution in [0.1, 0.15) is 11.3 Å². The molecule has 0 fully saturated rings. The summed E-state index contributed by atoms with van der Waals surface area (Å²) in [6.45, 7) is 0. The highest BCUT2D eigenvalue weighted by molar-refractivity contribution is 6.26. The van der Waals surface area contributed by atoms with E-state index >= 15 is 0 Å². The molecule has 2 aromatic heterocycles. The molecule has 0 saturated carbocycles. The zero-order valence-electron chi connectivity index (χ0n) is 26.8. The van der Waals surface area contributed by atoms with E-state index in [1.807, 2.05) is 54.7 Å². The fourth-order valence-corrected chi connectivity index (χ4v) is 7.05. The zero-order chi connectivity index (χ0) is 33.6. The zero-order valence-corrected chi connectivity index (χ0v) is 26.8. The van der Waals surface area contributed by atoms with Gasteiger partial charge in [-0.15, -0.1) is 0 Å². The monoisotopic (exact) mass is 649 g/mol. The van der Waals surface area contributed by atoms with Crippen LogP contribution < -0.4 is 4.90 Å². The van der Waals surface area contributed by atoms with E-state index < -0.39 is 11.6 Å². The average molecular weight is 650 g/mol. The molecule has 9 aromatic rings. The van der Waals surface area contributed by atoms with Crippen LogP contribution >= 0.6 is 0 Å². The number of benzene rings is 7. The SMILES string of the molecule is Fc1ccccc1N(c1ccc(/C=C/c2ccc(-c3ccc4c5c3ccc3cccc(c35)n4-c3ccccc3)cn2)cc1)c1ccccc1F. The molecule has 50 heavy (non-hydrogen) atoms. The molecule has 0 aliphatic heterocycles. The molecule has 0 saturated heterocycles. The van der Waals surface area contributed by atoms with Crippen LogP contribution in [0.25, 0.3) is 61.5 Å². The largest absolute Gasteiger partial charge is 0.309 e. The maximum absolute atomic E-state index is 14.9. The summed E-state index contributed by atoms with van der Waals surface area (Å²) in [5, 5.41) is 4.96. The molecular weight excluding hydrogens is 621 g/mol. The number of aromatic nitrogens is 2. The van der Waals surface area contributed by atoms with Crippen molar-refractivity contribution in [2.45, 2.75) is 0 Å². The molecule has 2 heterocycles. The number of nitrogens with zero attached hydrogens (tertiary/aromatic N) is 3. The molecule has 0 spiro atoms. The Labute approximate surface area is 288 Å². The van der Waals surface area contributed by atoms with Gasteiger partial charge >= 0.3 is 0 Å². The van der Waals surface area contributed by atoms with Crippen molar-refractivity contribution in [2.75, 3.05) is 4.90 Å². The summed E-state index contributed by atoms with van der Waals surface area (Å²) in [5.74, 6) is -0.865. The minimum Gasteiger partial charge on any atom is -0.309 e. The van der Waals surface area contributed by atoms with Crippen LogP contribution in [0, 0.1) is 11.6 Å². The Morgan fingerprint density at radius 2 is 1.24 bits per heavy atom. The predicted octanol–water partition coefficient (Wildman–Crippen LogP) is 12.4. The summed E-state index contributed by atoms with van der Waals surface area (Å²) >= 11 is 0. The van der Waals surface area contributed by atoms with Gasteiger partial charge in [0.1, 0.15) is 11.6 Å². The number of hydrogen-bond acceptors (Lipinski definition) is 2. The quantitative estimate of drug-likeness (QED) is 0.160. The molecule has 0 amide bonds. The molecular formula is C45H29F2N3. The highest BCUT2D eigenvalue weighted by Crippen LogP contribution is 2.42. The molecule has 5 heteroatoms. The van der Waals surface area contributed by atoms with Gasteiger partial charge in [-0.3, -0.25) is 4.98 Å². The van der Waals surface area contributed by atoms with Crippen molar-refractivity contribution >= 4 is 61.8 Å². The first-order chi connectivity index (χ1) is 24.6. The second-order valence-corrected chi connectivity index (χ2v) is 12.3. The van der Waals surface area contributed by atoms with Gasteiger partial charge in [-0.2, -0.15) is 0 Å². The topological polar surface area (TPSA) is 21.1 Å². The van der Waals surface area contributed by atoms with Crippen molar-refractivity contribution in [1.82, 2.24) is 9.55 Å². The minimum atomic E-state index is -0.432. The van der Waals surface area contributed by atoms with Crippen molar-refractivity contribution in [3.63, 3.8) is 0 Å². The van der Waals surface area contributed by atoms with Crippen molar-refractivity contribution in [1.29, 1.82) is 0 Å². The van der Waals surface area contributed by atoms with E-state index in [1.165, 1.54) is 44.7 Å². The van der Waals surface area contributed by atoms with E-state index in [4.69, 9.17) is 4.98 Å². The van der Waals surface area contributed by atoms with Crippen molar-refractivity contribution in [2.24, 2.45) is 0 Å². The van der Waals surface area contributed by atoms with Gasteiger partial charge in [0, 0.05) is 33.9 Å². The maximum Gasteiger partial charge on any atom is 0.147 e. The lowest BCUT2D eigenvalue weighted by Gasteiger charge is -2.26. The van der Waals surface area contributed by atoms with Gasteiger partial charge in [-0.05, 0) is 94.7 Å². The first-order valence-corrected chi connectivity index (χ1v) is 16.5. The molecule has 238 valence electrons. The number of anilines is 3. The van der Waals surface area contributed by atoms with Crippen molar-refractivity contribution in [3.05, 3.63) is 187 Å². The molecule has 0 aliphatic rings. The Morgan fingerprint density at radius 3 is 1.94 bits per heavy atom. The molecule has 0 radical (unpaired) electrons. The fourth-order valence-electron chi connectivity index (χ4n) is 7.05. The van der Waals surface area contributed by atoms with Gasteiger partial charge in [0.25, 0.3) is 0 Å². The summed E-state index contributed by atoms with van der Waals surface area (Å²) in [6, 6.07) is 50.4. The van der Waals surface area contributed by atoms with Crippen LogP contribution in [0.5, 0.6) is 0 Å². The lowest BCUT2D eigenvalue weighted by molar-refractivity contribution is 0.619. The first kappa shape index (κ1) is 29.5. The van der Waals surface area contributed by atoms with Gasteiger partial charge in [0.2, 0.25) is 0 Å². The van der Waals surface area contributed by atoms with E-state index in [2.05, 4.69) is 77.4 Å². The van der Waals surface area contributed by atoms with E-state index in [1.54, 1.807) is 41.3 Å². The molecule has 0 aliphatic carbocycles. The molecule has 3 nitrogen and oxygen atoms in total. The smallest absolute Gasteiger partial charge is 0.147 e. The molecule has 9 rings (SSSR count). The average Bonchev–Trinajstić information content (AvgIpc) is 3.51. The molecule has 0 bridgehead atoms. The first-order valence-electron chi connectivity index (χ1n) is 16.5. The predicted molar refractivity (Wildman–Crippen MR) is 203 cm³/mol. The Bertz CT molecular complexity index is 2610. The number of rotatable bonds is 7. The maximum atomic E-state index is 14.9. The third-order valence-electron chi connectivity index (χ3n) is 9.36. The summed E-state index contributed by atoms with van der Waals surface area (Å²) in [4.78, 5) is 6.39. The summed E-state index contributed by atoms with van der Waals surface area (Å²) in [5.41, 5.74) is 8.68. The Balaban J connectivity index is 1.02. The van der Waals surface area contributed by atoms with E-state index in [0.717, 1.165) is 28.1 Å². The van der Waals surface area contributed by atoms with Crippen molar-refractivity contribution < 1.29 is 8.78 Å². The summed E-state index contributed by atoms with van der Waals surface area (Å²) in [6.07, 6.45) is 5.89. The van der Waals surface area contributed by atoms with Crippen LogP contribution in [0.3, 0.4) is 0 Å². The lowest BCUT2D eigenvalue weighted by atomic mass is 9.95. The molecule has 0 N–H and O–H groups in total. The van der Waals surface area contributed by atoms with E-state index in [-0.39, 0.29) is 11.4 Å². The van der Waals surface area contributed by atoms with Crippen LogP contribution in [-0.2, 0) is 0 Å². The molecule has 0 unspecified atom stereocenters. The third-order valence-corrected chi connectivity index (χ3v) is 9.36. The third kappa shape index (κ3) is 4.99. The second kappa shape index (κ2) is 12.1. The van der Waals surface area contributed by atoms with Gasteiger partial charge < -0.3 is 9.47 Å². The van der Waals surface area contributed by atoms with Crippen LogP contribution in [-0.4, -0.2) is 9.55 Å². The normalized spacial score (nSPS) is 11.7. The summed E-state index contributed by atoms with van der Waals surface area (Å²) < 4.78 is 32.2. The van der Waals surface area contributed by atoms with Gasteiger partial charge in [-0.25, -0.2) is 8.78 Å². The van der Waals surface area contributed by atoms with E-state index in [0.29, 0.717) is 5.69 Å². The molecule has 0 atom stereocenters. The highest BCUT2D eigenvalue weighted by atomic mass is 19.1. The van der Waals surface area contributed by atoms with E-state index in [9.17, 15) is 8.78 Å². The van der Waals surface area contributed by atoms with Gasteiger partial charge in [0.15, 0.2) is 0 Å². The lowest BCUT2D eigenvalue weighted by Crippen LogP contribution is -2.13. The number of halogens is 2. The summed E-state index contributed by atoms with van der Waals surface area (Å²) in [7, 11) is 0. The standard InChI is InChI=1S/C45H29F2N3/c46-38-12-4-6-14-40(38)49(41-15-7-5-13-39(41)47)35-24-18-30(19-25-35)17-22-33-23-20-32(29-48-33)36-27-28-43-45-37(36)26-21-31-9-8-16-42(44(31)45)50(43)34-10-2-1-3-11-34/h1-29H/b22-17+. The number of para-hydroxylation sites is 3. The van der Waals surface area contributed by atoms with Crippen LogP contribution in [0.2, 0.25) is 0 Å². The van der Waals surface area contributed by atoms with Gasteiger partial charge in [-0.1, -0.05) is 97.1 Å². The fraction of sp³-hybridized carbons (Fsp3) is 0. The van der Waals surface area contributed by atoms with Crippen molar-refractivity contribution in [3.8, 4) is 16.8 Å². The minimum absolute atomic E-state index is 0.274. The van der Waals surface area contributed by atoms with Crippen LogP contribution in [0.15, 0.2) is 164 Å². The van der Waals surface area contributed by atoms with Crippen LogP contribution in [0.4, 0.5) is 25.8 Å². The number of hydrogen-bond donors (Lipinski definition) is 0.